The molecule has 0 radical (unpaired) electrons. The third-order valence-electron chi connectivity index (χ3n) is 5.24. The maximum absolute atomic E-state index is 12.7. The van der Waals surface area contributed by atoms with E-state index in [0.29, 0.717) is 36.0 Å². The van der Waals surface area contributed by atoms with Gasteiger partial charge < -0.3 is 10.2 Å². The van der Waals surface area contributed by atoms with E-state index < -0.39 is 0 Å². The van der Waals surface area contributed by atoms with E-state index in [2.05, 4.69) is 15.2 Å². The smallest absolute Gasteiger partial charge is 0.261 e. The Labute approximate surface area is 140 Å². The number of para-hydroxylation sites is 1. The molecular weight excluding hydrogens is 304 g/mol. The van der Waals surface area contributed by atoms with Gasteiger partial charge in [-0.05, 0) is 37.9 Å². The van der Waals surface area contributed by atoms with Crippen molar-refractivity contribution in [3.63, 3.8) is 0 Å². The lowest BCUT2D eigenvalue weighted by Gasteiger charge is -2.28. The molecule has 6 heteroatoms. The highest BCUT2D eigenvalue weighted by molar-refractivity contribution is 5.78. The quantitative estimate of drug-likeness (QED) is 0.918. The Hall–Kier alpha value is -2.21. The first kappa shape index (κ1) is 15.3. The number of nitrogens with one attached hydrogen (secondary N) is 1. The van der Waals surface area contributed by atoms with Crippen LogP contribution in [-0.2, 0) is 11.3 Å². The third kappa shape index (κ3) is 2.71. The number of aromatic nitrogens is 2. The molecule has 24 heavy (non-hydrogen) atoms. The highest BCUT2D eigenvalue weighted by Crippen LogP contribution is 2.28. The molecule has 126 valence electrons. The van der Waals surface area contributed by atoms with E-state index in [0.717, 1.165) is 32.4 Å². The maximum Gasteiger partial charge on any atom is 0.261 e. The highest BCUT2D eigenvalue weighted by atomic mass is 16.2. The third-order valence-corrected chi connectivity index (χ3v) is 5.24. The standard InChI is InChI=1S/C18H22N4O2/c23-17(22-13-5-6-14(22)11-19-9-7-13)8-10-21-12-20-16-4-2-1-3-15(16)18(21)24/h1-4,12-14,19H,5-11H2. The monoisotopic (exact) mass is 326 g/mol. The van der Waals surface area contributed by atoms with Crippen LogP contribution >= 0.6 is 0 Å². The Morgan fingerprint density at radius 3 is 2.96 bits per heavy atom. The number of hydrogen-bond donors (Lipinski definition) is 1. The number of amides is 1. The lowest BCUT2D eigenvalue weighted by Crippen LogP contribution is -2.43. The average Bonchev–Trinajstić information content (AvgIpc) is 2.87. The van der Waals surface area contributed by atoms with Crippen LogP contribution in [0.4, 0.5) is 0 Å². The van der Waals surface area contributed by atoms with E-state index in [-0.39, 0.29) is 11.5 Å². The van der Waals surface area contributed by atoms with Gasteiger partial charge in [-0.1, -0.05) is 12.1 Å². The minimum Gasteiger partial charge on any atom is -0.335 e. The van der Waals surface area contributed by atoms with Gasteiger partial charge in [-0.25, -0.2) is 4.98 Å². The molecule has 2 fully saturated rings. The summed E-state index contributed by atoms with van der Waals surface area (Å²) in [6.45, 7) is 2.26. The predicted molar refractivity (Wildman–Crippen MR) is 91.8 cm³/mol. The van der Waals surface area contributed by atoms with Crippen molar-refractivity contribution in [3.8, 4) is 0 Å². The van der Waals surface area contributed by atoms with Crippen LogP contribution in [0.2, 0.25) is 0 Å². The number of nitrogens with zero attached hydrogens (tertiary/aromatic N) is 3. The summed E-state index contributed by atoms with van der Waals surface area (Å²) in [4.78, 5) is 31.6. The molecule has 0 saturated carbocycles. The zero-order chi connectivity index (χ0) is 16.5. The number of carbonyl (C=O) groups is 1. The average molecular weight is 326 g/mol. The van der Waals surface area contributed by atoms with Gasteiger partial charge >= 0.3 is 0 Å². The van der Waals surface area contributed by atoms with Crippen LogP contribution < -0.4 is 10.9 Å². The fourth-order valence-corrected chi connectivity index (χ4v) is 4.00. The second-order valence-electron chi connectivity index (χ2n) is 6.69. The Morgan fingerprint density at radius 1 is 1.21 bits per heavy atom. The fourth-order valence-electron chi connectivity index (χ4n) is 4.00. The Kier molecular flexibility index (Phi) is 4.06. The minimum absolute atomic E-state index is 0.0751. The summed E-state index contributed by atoms with van der Waals surface area (Å²) in [6, 6.07) is 7.99. The Morgan fingerprint density at radius 2 is 2.04 bits per heavy atom. The molecule has 2 unspecified atom stereocenters. The fraction of sp³-hybridized carbons (Fsp3) is 0.500. The van der Waals surface area contributed by atoms with Crippen molar-refractivity contribution in [3.05, 3.63) is 40.9 Å². The highest BCUT2D eigenvalue weighted by Gasteiger charge is 2.37. The topological polar surface area (TPSA) is 67.2 Å². The lowest BCUT2D eigenvalue weighted by atomic mass is 10.1. The first-order valence-electron chi connectivity index (χ1n) is 8.70. The van der Waals surface area contributed by atoms with Crippen LogP contribution in [0.25, 0.3) is 10.9 Å². The number of hydrogen-bond acceptors (Lipinski definition) is 4. The lowest BCUT2D eigenvalue weighted by molar-refractivity contribution is -0.134. The summed E-state index contributed by atoms with van der Waals surface area (Å²) < 4.78 is 1.55. The van der Waals surface area contributed by atoms with E-state index in [1.165, 1.54) is 0 Å². The molecular formula is C18H22N4O2. The van der Waals surface area contributed by atoms with E-state index in [9.17, 15) is 9.59 Å². The van der Waals surface area contributed by atoms with E-state index in [1.807, 2.05) is 18.2 Å². The SMILES string of the molecule is O=C(CCn1cnc2ccccc2c1=O)N1C2CCNCC1CC2. The van der Waals surface area contributed by atoms with Crippen LogP contribution in [0.1, 0.15) is 25.7 Å². The number of fused-ring (bicyclic) bond motifs is 3. The zero-order valence-corrected chi connectivity index (χ0v) is 13.6. The minimum atomic E-state index is -0.0751. The normalized spacial score (nSPS) is 23.4. The van der Waals surface area contributed by atoms with E-state index in [4.69, 9.17) is 0 Å². The van der Waals surface area contributed by atoms with Crippen molar-refractivity contribution < 1.29 is 4.79 Å². The van der Waals surface area contributed by atoms with Crippen LogP contribution in [0.5, 0.6) is 0 Å². The molecule has 2 saturated heterocycles. The molecule has 1 N–H and O–H groups in total. The van der Waals surface area contributed by atoms with Crippen molar-refractivity contribution >= 4 is 16.8 Å². The molecule has 1 amide bonds. The molecule has 2 aliphatic heterocycles. The van der Waals surface area contributed by atoms with Crippen molar-refractivity contribution in [2.45, 2.75) is 44.3 Å². The van der Waals surface area contributed by atoms with Crippen molar-refractivity contribution in [2.75, 3.05) is 13.1 Å². The second-order valence-corrected chi connectivity index (χ2v) is 6.69. The van der Waals surface area contributed by atoms with Gasteiger partial charge in [-0.2, -0.15) is 0 Å². The molecule has 6 nitrogen and oxygen atoms in total. The molecule has 2 atom stereocenters. The largest absolute Gasteiger partial charge is 0.335 e. The summed E-state index contributed by atoms with van der Waals surface area (Å²) in [7, 11) is 0. The Balaban J connectivity index is 1.50. The molecule has 1 aromatic carbocycles. The molecule has 2 aliphatic rings. The number of carbonyl (C=O) groups excluding carboxylic acids is 1. The zero-order valence-electron chi connectivity index (χ0n) is 13.6. The summed E-state index contributed by atoms with van der Waals surface area (Å²) in [5, 5.41) is 4.01. The molecule has 4 rings (SSSR count). The van der Waals surface area contributed by atoms with Crippen LogP contribution in [-0.4, -0.2) is 45.5 Å². The second kappa shape index (κ2) is 6.36. The van der Waals surface area contributed by atoms with Gasteiger partial charge in [0.1, 0.15) is 0 Å². The van der Waals surface area contributed by atoms with Gasteiger partial charge in [0.15, 0.2) is 0 Å². The van der Waals surface area contributed by atoms with Crippen molar-refractivity contribution in [1.29, 1.82) is 0 Å². The van der Waals surface area contributed by atoms with Gasteiger partial charge in [0, 0.05) is 31.6 Å². The van der Waals surface area contributed by atoms with Crippen molar-refractivity contribution in [1.82, 2.24) is 19.8 Å². The molecule has 3 heterocycles. The number of benzene rings is 1. The van der Waals surface area contributed by atoms with Gasteiger partial charge in [-0.15, -0.1) is 0 Å². The molecule has 2 aromatic rings. The molecule has 0 spiro atoms. The van der Waals surface area contributed by atoms with E-state index in [1.54, 1.807) is 17.0 Å². The van der Waals surface area contributed by atoms with Crippen molar-refractivity contribution in [2.24, 2.45) is 0 Å². The van der Waals surface area contributed by atoms with Gasteiger partial charge in [0.05, 0.1) is 17.2 Å². The summed E-state index contributed by atoms with van der Waals surface area (Å²) >= 11 is 0. The maximum atomic E-state index is 12.7. The van der Waals surface area contributed by atoms with Gasteiger partial charge in [0.2, 0.25) is 5.91 Å². The molecule has 0 aliphatic carbocycles. The van der Waals surface area contributed by atoms with Crippen LogP contribution in [0, 0.1) is 0 Å². The number of rotatable bonds is 3. The van der Waals surface area contributed by atoms with Gasteiger partial charge in [0.25, 0.3) is 5.56 Å². The first-order valence-corrected chi connectivity index (χ1v) is 8.70. The van der Waals surface area contributed by atoms with Crippen LogP contribution in [0.15, 0.2) is 35.4 Å². The summed E-state index contributed by atoms with van der Waals surface area (Å²) in [5.74, 6) is 0.159. The summed E-state index contributed by atoms with van der Waals surface area (Å²) in [5.41, 5.74) is 0.621. The van der Waals surface area contributed by atoms with E-state index >= 15 is 0 Å². The molecule has 1 aromatic heterocycles. The first-order chi connectivity index (χ1) is 11.7. The summed E-state index contributed by atoms with van der Waals surface area (Å²) in [6.07, 6.45) is 5.12. The van der Waals surface area contributed by atoms with Crippen LogP contribution in [0.3, 0.4) is 0 Å². The Bertz CT molecular complexity index is 802. The predicted octanol–water partition coefficient (Wildman–Crippen LogP) is 1.14. The van der Waals surface area contributed by atoms with Gasteiger partial charge in [-0.3, -0.25) is 14.2 Å². The molecule has 2 bridgehead atoms. The number of aryl methyl sites for hydroxylation is 1.